The molecule has 16 heavy (non-hydrogen) atoms. The van der Waals surface area contributed by atoms with Crippen molar-refractivity contribution < 1.29 is 4.79 Å². The molecule has 2 N–H and O–H groups in total. The summed E-state index contributed by atoms with van der Waals surface area (Å²) in [5.74, 6) is -0.220. The SMILES string of the molecule is Cc1cc(C(=O)Nc2cccc(Br)c2)n[nH]1. The van der Waals surface area contributed by atoms with Gasteiger partial charge in [0.15, 0.2) is 5.69 Å². The first-order valence-electron chi connectivity index (χ1n) is 4.74. The van der Waals surface area contributed by atoms with E-state index in [1.54, 1.807) is 6.07 Å². The van der Waals surface area contributed by atoms with Gasteiger partial charge in [-0.25, -0.2) is 0 Å². The van der Waals surface area contributed by atoms with E-state index in [1.807, 2.05) is 31.2 Å². The number of benzene rings is 1. The van der Waals surface area contributed by atoms with Crippen LogP contribution in [0.25, 0.3) is 0 Å². The number of carbonyl (C=O) groups is 1. The number of aromatic amines is 1. The lowest BCUT2D eigenvalue weighted by molar-refractivity contribution is 0.102. The highest BCUT2D eigenvalue weighted by molar-refractivity contribution is 9.10. The Morgan fingerprint density at radius 2 is 2.25 bits per heavy atom. The van der Waals surface area contributed by atoms with E-state index in [0.29, 0.717) is 5.69 Å². The number of H-pyrrole nitrogens is 1. The molecule has 1 aromatic heterocycles. The predicted octanol–water partition coefficient (Wildman–Crippen LogP) is 2.73. The van der Waals surface area contributed by atoms with Crippen LogP contribution in [0.1, 0.15) is 16.2 Å². The van der Waals surface area contributed by atoms with E-state index in [9.17, 15) is 4.79 Å². The number of rotatable bonds is 2. The van der Waals surface area contributed by atoms with Crippen LogP contribution in [0.4, 0.5) is 5.69 Å². The lowest BCUT2D eigenvalue weighted by atomic mass is 10.3. The smallest absolute Gasteiger partial charge is 0.276 e. The summed E-state index contributed by atoms with van der Waals surface area (Å²) in [5.41, 5.74) is 1.98. The fourth-order valence-corrected chi connectivity index (χ4v) is 1.69. The number of amides is 1. The average Bonchev–Trinajstić information content (AvgIpc) is 2.65. The molecule has 0 fully saturated rings. The van der Waals surface area contributed by atoms with E-state index in [0.717, 1.165) is 15.9 Å². The van der Waals surface area contributed by atoms with Gasteiger partial charge in [-0.15, -0.1) is 0 Å². The van der Waals surface area contributed by atoms with Crippen molar-refractivity contribution >= 4 is 27.5 Å². The number of aromatic nitrogens is 2. The van der Waals surface area contributed by atoms with Gasteiger partial charge in [-0.05, 0) is 31.2 Å². The summed E-state index contributed by atoms with van der Waals surface area (Å²) < 4.78 is 0.920. The molecule has 0 unspecified atom stereocenters. The number of hydrogen-bond donors (Lipinski definition) is 2. The molecule has 2 rings (SSSR count). The zero-order chi connectivity index (χ0) is 11.5. The van der Waals surface area contributed by atoms with Crippen LogP contribution in [0, 0.1) is 6.92 Å². The van der Waals surface area contributed by atoms with E-state index in [-0.39, 0.29) is 5.91 Å². The van der Waals surface area contributed by atoms with Crippen molar-refractivity contribution in [1.82, 2.24) is 10.2 Å². The number of halogens is 1. The third-order valence-corrected chi connectivity index (χ3v) is 2.51. The van der Waals surface area contributed by atoms with Crippen molar-refractivity contribution in [1.29, 1.82) is 0 Å². The zero-order valence-corrected chi connectivity index (χ0v) is 10.2. The minimum absolute atomic E-state index is 0.220. The molecule has 0 aliphatic carbocycles. The maximum Gasteiger partial charge on any atom is 0.276 e. The molecule has 1 amide bonds. The first-order valence-corrected chi connectivity index (χ1v) is 5.53. The Morgan fingerprint density at radius 1 is 1.44 bits per heavy atom. The Kier molecular flexibility index (Phi) is 3.05. The molecule has 0 radical (unpaired) electrons. The molecule has 5 heteroatoms. The molecule has 82 valence electrons. The molecule has 0 spiro atoms. The van der Waals surface area contributed by atoms with Gasteiger partial charge in [0.2, 0.25) is 0 Å². The molecule has 1 heterocycles. The predicted molar refractivity (Wildman–Crippen MR) is 65.4 cm³/mol. The van der Waals surface area contributed by atoms with Crippen LogP contribution in [0.2, 0.25) is 0 Å². The van der Waals surface area contributed by atoms with Crippen molar-refractivity contribution in [3.63, 3.8) is 0 Å². The summed E-state index contributed by atoms with van der Waals surface area (Å²) in [5, 5.41) is 9.37. The highest BCUT2D eigenvalue weighted by atomic mass is 79.9. The molecule has 1 aromatic carbocycles. The molecule has 0 aliphatic rings. The highest BCUT2D eigenvalue weighted by Gasteiger charge is 2.09. The second-order valence-electron chi connectivity index (χ2n) is 3.40. The van der Waals surface area contributed by atoms with Gasteiger partial charge in [0.25, 0.3) is 5.91 Å². The highest BCUT2D eigenvalue weighted by Crippen LogP contribution is 2.16. The molecule has 0 aliphatic heterocycles. The third-order valence-electron chi connectivity index (χ3n) is 2.02. The molecule has 4 nitrogen and oxygen atoms in total. The monoisotopic (exact) mass is 279 g/mol. The topological polar surface area (TPSA) is 57.8 Å². The standard InChI is InChI=1S/C11H10BrN3O/c1-7-5-10(15-14-7)11(16)13-9-4-2-3-8(12)6-9/h2-6H,1H3,(H,13,16)(H,14,15). The van der Waals surface area contributed by atoms with Crippen molar-refractivity contribution in [3.05, 3.63) is 46.2 Å². The molecule has 0 atom stereocenters. The Hall–Kier alpha value is -1.62. The van der Waals surface area contributed by atoms with Gasteiger partial charge in [-0.2, -0.15) is 5.10 Å². The van der Waals surface area contributed by atoms with Crippen LogP contribution in [-0.4, -0.2) is 16.1 Å². The Labute approximate surface area is 101 Å². The van der Waals surface area contributed by atoms with E-state index in [4.69, 9.17) is 0 Å². The van der Waals surface area contributed by atoms with Crippen LogP contribution in [-0.2, 0) is 0 Å². The fraction of sp³-hybridized carbons (Fsp3) is 0.0909. The summed E-state index contributed by atoms with van der Waals surface area (Å²) in [4.78, 5) is 11.7. The molecule has 0 bridgehead atoms. The summed E-state index contributed by atoms with van der Waals surface area (Å²) in [7, 11) is 0. The van der Waals surface area contributed by atoms with E-state index < -0.39 is 0 Å². The van der Waals surface area contributed by atoms with Crippen molar-refractivity contribution in [2.24, 2.45) is 0 Å². The molecular formula is C11H10BrN3O. The second-order valence-corrected chi connectivity index (χ2v) is 4.32. The largest absolute Gasteiger partial charge is 0.321 e. The van der Waals surface area contributed by atoms with Gasteiger partial charge < -0.3 is 5.32 Å². The number of aryl methyl sites for hydroxylation is 1. The molecule has 0 saturated heterocycles. The van der Waals surface area contributed by atoms with Crippen LogP contribution >= 0.6 is 15.9 Å². The zero-order valence-electron chi connectivity index (χ0n) is 8.62. The molecule has 2 aromatic rings. The maximum atomic E-state index is 11.7. The van der Waals surface area contributed by atoms with Gasteiger partial charge in [0, 0.05) is 15.9 Å². The Balaban J connectivity index is 2.13. The summed E-state index contributed by atoms with van der Waals surface area (Å²) >= 11 is 3.34. The van der Waals surface area contributed by atoms with Crippen LogP contribution in [0.3, 0.4) is 0 Å². The summed E-state index contributed by atoms with van der Waals surface area (Å²) in [6, 6.07) is 9.11. The lowest BCUT2D eigenvalue weighted by Gasteiger charge is -2.02. The van der Waals surface area contributed by atoms with Crippen molar-refractivity contribution in [2.45, 2.75) is 6.92 Å². The number of carbonyl (C=O) groups excluding carboxylic acids is 1. The van der Waals surface area contributed by atoms with Gasteiger partial charge in [-0.1, -0.05) is 22.0 Å². The van der Waals surface area contributed by atoms with Crippen molar-refractivity contribution in [2.75, 3.05) is 5.32 Å². The second kappa shape index (κ2) is 4.49. The summed E-state index contributed by atoms with van der Waals surface area (Å²) in [6.45, 7) is 1.85. The number of anilines is 1. The number of nitrogens with zero attached hydrogens (tertiary/aromatic N) is 1. The van der Waals surface area contributed by atoms with Crippen LogP contribution in [0.5, 0.6) is 0 Å². The number of hydrogen-bond acceptors (Lipinski definition) is 2. The first-order chi connectivity index (χ1) is 7.65. The Morgan fingerprint density at radius 3 is 2.88 bits per heavy atom. The first kappa shape index (κ1) is 10.9. The Bertz CT molecular complexity index is 521. The van der Waals surface area contributed by atoms with Crippen LogP contribution < -0.4 is 5.32 Å². The molecule has 0 saturated carbocycles. The third kappa shape index (κ3) is 2.49. The fourth-order valence-electron chi connectivity index (χ4n) is 1.30. The van der Waals surface area contributed by atoms with E-state index in [1.165, 1.54) is 0 Å². The van der Waals surface area contributed by atoms with Gasteiger partial charge in [0.05, 0.1) is 0 Å². The average molecular weight is 280 g/mol. The summed E-state index contributed by atoms with van der Waals surface area (Å²) in [6.07, 6.45) is 0. The molecular weight excluding hydrogens is 270 g/mol. The lowest BCUT2D eigenvalue weighted by Crippen LogP contribution is -2.12. The van der Waals surface area contributed by atoms with Gasteiger partial charge >= 0.3 is 0 Å². The van der Waals surface area contributed by atoms with Gasteiger partial charge in [-0.3, -0.25) is 9.89 Å². The van der Waals surface area contributed by atoms with Crippen molar-refractivity contribution in [3.8, 4) is 0 Å². The minimum atomic E-state index is -0.220. The van der Waals surface area contributed by atoms with E-state index >= 15 is 0 Å². The minimum Gasteiger partial charge on any atom is -0.321 e. The number of nitrogens with one attached hydrogen (secondary N) is 2. The maximum absolute atomic E-state index is 11.7. The van der Waals surface area contributed by atoms with Crippen LogP contribution in [0.15, 0.2) is 34.8 Å². The van der Waals surface area contributed by atoms with Gasteiger partial charge in [0.1, 0.15) is 0 Å². The normalized spacial score (nSPS) is 10.1. The van der Waals surface area contributed by atoms with E-state index in [2.05, 4.69) is 31.4 Å². The quantitative estimate of drug-likeness (QED) is 0.888.